The van der Waals surface area contributed by atoms with E-state index >= 15 is 0 Å². The van der Waals surface area contributed by atoms with Gasteiger partial charge in [-0.3, -0.25) is 4.79 Å². The predicted molar refractivity (Wildman–Crippen MR) is 106 cm³/mol. The van der Waals surface area contributed by atoms with Crippen LogP contribution < -0.4 is 14.8 Å². The Hall–Kier alpha value is -2.64. The van der Waals surface area contributed by atoms with Crippen molar-refractivity contribution in [3.8, 4) is 5.75 Å². The number of methoxy groups -OCH3 is 1. The van der Waals surface area contributed by atoms with Crippen molar-refractivity contribution in [3.63, 3.8) is 0 Å². The first-order valence-corrected chi connectivity index (χ1v) is 9.97. The molecule has 2 aromatic rings. The summed E-state index contributed by atoms with van der Waals surface area (Å²) < 4.78 is 30.9. The molecule has 0 aliphatic heterocycles. The summed E-state index contributed by atoms with van der Waals surface area (Å²) >= 11 is 0. The van der Waals surface area contributed by atoms with Gasteiger partial charge in [-0.1, -0.05) is 29.8 Å². The van der Waals surface area contributed by atoms with Crippen LogP contribution in [0.4, 0.5) is 0 Å². The molecule has 144 valence electrons. The van der Waals surface area contributed by atoms with Gasteiger partial charge >= 0.3 is 0 Å². The SMILES string of the molecule is CNS(=O)(=O)c1ccc(/C=C/C(=O)NCCc2cc(C)ccc2OC)cc1. The third kappa shape index (κ3) is 5.94. The molecule has 0 aromatic heterocycles. The van der Waals surface area contributed by atoms with E-state index in [-0.39, 0.29) is 10.8 Å². The minimum absolute atomic E-state index is 0.179. The second kappa shape index (κ2) is 9.34. The molecule has 0 unspecified atom stereocenters. The van der Waals surface area contributed by atoms with Gasteiger partial charge in [0.05, 0.1) is 12.0 Å². The van der Waals surface area contributed by atoms with E-state index in [1.165, 1.54) is 25.3 Å². The molecule has 6 nitrogen and oxygen atoms in total. The van der Waals surface area contributed by atoms with Gasteiger partial charge in [-0.15, -0.1) is 0 Å². The number of aryl methyl sites for hydroxylation is 1. The van der Waals surface area contributed by atoms with E-state index in [9.17, 15) is 13.2 Å². The minimum Gasteiger partial charge on any atom is -0.496 e. The van der Waals surface area contributed by atoms with Gasteiger partial charge in [-0.25, -0.2) is 13.1 Å². The molecule has 0 saturated carbocycles. The van der Waals surface area contributed by atoms with E-state index in [2.05, 4.69) is 10.0 Å². The first-order chi connectivity index (χ1) is 12.9. The molecule has 0 aliphatic rings. The molecule has 2 rings (SSSR count). The Morgan fingerprint density at radius 3 is 2.48 bits per heavy atom. The van der Waals surface area contributed by atoms with Gasteiger partial charge in [0.15, 0.2) is 0 Å². The summed E-state index contributed by atoms with van der Waals surface area (Å²) in [5, 5.41) is 2.83. The summed E-state index contributed by atoms with van der Waals surface area (Å²) in [6.07, 6.45) is 3.73. The molecule has 2 aromatic carbocycles. The van der Waals surface area contributed by atoms with Crippen LogP contribution in [0.3, 0.4) is 0 Å². The van der Waals surface area contributed by atoms with E-state index in [0.29, 0.717) is 13.0 Å². The van der Waals surface area contributed by atoms with E-state index in [0.717, 1.165) is 22.4 Å². The zero-order chi connectivity index (χ0) is 19.9. The van der Waals surface area contributed by atoms with E-state index in [4.69, 9.17) is 4.74 Å². The Morgan fingerprint density at radius 2 is 1.85 bits per heavy atom. The second-order valence-electron chi connectivity index (χ2n) is 5.97. The average Bonchev–Trinajstić information content (AvgIpc) is 2.67. The number of sulfonamides is 1. The summed E-state index contributed by atoms with van der Waals surface area (Å²) in [7, 11) is -0.469. The molecule has 0 heterocycles. The molecule has 7 heteroatoms. The maximum atomic E-state index is 12.0. The van der Waals surface area contributed by atoms with Crippen LogP contribution in [-0.4, -0.2) is 35.0 Å². The fraction of sp³-hybridized carbons (Fsp3) is 0.250. The molecule has 0 aliphatic carbocycles. The third-order valence-corrected chi connectivity index (χ3v) is 5.45. The summed E-state index contributed by atoms with van der Waals surface area (Å²) in [6.45, 7) is 2.50. The van der Waals surface area contributed by atoms with Crippen molar-refractivity contribution in [1.82, 2.24) is 10.0 Å². The fourth-order valence-electron chi connectivity index (χ4n) is 2.53. The average molecular weight is 388 g/mol. The summed E-state index contributed by atoms with van der Waals surface area (Å²) in [6, 6.07) is 12.2. The Labute approximate surface area is 160 Å². The first kappa shape index (κ1) is 20.7. The van der Waals surface area contributed by atoms with E-state index in [1.54, 1.807) is 25.3 Å². The zero-order valence-corrected chi connectivity index (χ0v) is 16.5. The van der Waals surface area contributed by atoms with Crippen LogP contribution in [0.2, 0.25) is 0 Å². The Morgan fingerprint density at radius 1 is 1.15 bits per heavy atom. The summed E-state index contributed by atoms with van der Waals surface area (Å²) in [5.41, 5.74) is 2.92. The van der Waals surface area contributed by atoms with Crippen molar-refractivity contribution in [1.29, 1.82) is 0 Å². The van der Waals surface area contributed by atoms with Crippen molar-refractivity contribution >= 4 is 22.0 Å². The molecular formula is C20H24N2O4S. The number of hydrogen-bond donors (Lipinski definition) is 2. The summed E-state index contributed by atoms with van der Waals surface area (Å²) in [5.74, 6) is 0.593. The molecule has 2 N–H and O–H groups in total. The quantitative estimate of drug-likeness (QED) is 0.680. The summed E-state index contributed by atoms with van der Waals surface area (Å²) in [4.78, 5) is 12.1. The van der Waals surface area contributed by atoms with Crippen molar-refractivity contribution in [2.75, 3.05) is 20.7 Å². The highest BCUT2D eigenvalue weighted by molar-refractivity contribution is 7.89. The lowest BCUT2D eigenvalue weighted by Gasteiger charge is -2.09. The van der Waals surface area contributed by atoms with Crippen molar-refractivity contribution < 1.29 is 17.9 Å². The van der Waals surface area contributed by atoms with Gasteiger partial charge in [-0.2, -0.15) is 0 Å². The van der Waals surface area contributed by atoms with E-state index < -0.39 is 10.0 Å². The number of ether oxygens (including phenoxy) is 1. The maximum Gasteiger partial charge on any atom is 0.244 e. The van der Waals surface area contributed by atoms with Crippen LogP contribution in [0.25, 0.3) is 6.08 Å². The van der Waals surface area contributed by atoms with Gasteiger partial charge < -0.3 is 10.1 Å². The van der Waals surface area contributed by atoms with Crippen molar-refractivity contribution in [2.45, 2.75) is 18.2 Å². The highest BCUT2D eigenvalue weighted by Gasteiger charge is 2.09. The number of nitrogens with one attached hydrogen (secondary N) is 2. The molecular weight excluding hydrogens is 364 g/mol. The second-order valence-corrected chi connectivity index (χ2v) is 7.85. The van der Waals surface area contributed by atoms with Gasteiger partial charge in [0.2, 0.25) is 15.9 Å². The standard InChI is InChI=1S/C20H24N2O4S/c1-15-4-10-19(26-3)17(14-15)12-13-22-20(23)11-7-16-5-8-18(9-6-16)27(24,25)21-2/h4-11,14,21H,12-13H2,1-3H3,(H,22,23)/b11-7+. The maximum absolute atomic E-state index is 12.0. The lowest BCUT2D eigenvalue weighted by molar-refractivity contribution is -0.116. The first-order valence-electron chi connectivity index (χ1n) is 8.49. The highest BCUT2D eigenvalue weighted by Crippen LogP contribution is 2.19. The Balaban J connectivity index is 1.90. The van der Waals surface area contributed by atoms with Gasteiger partial charge in [0.25, 0.3) is 0 Å². The van der Waals surface area contributed by atoms with Crippen LogP contribution in [0.15, 0.2) is 53.4 Å². The van der Waals surface area contributed by atoms with Gasteiger partial charge in [0, 0.05) is 12.6 Å². The third-order valence-electron chi connectivity index (χ3n) is 4.02. The van der Waals surface area contributed by atoms with Crippen LogP contribution in [-0.2, 0) is 21.2 Å². The lowest BCUT2D eigenvalue weighted by Crippen LogP contribution is -2.23. The molecule has 27 heavy (non-hydrogen) atoms. The number of carbonyl (C=O) groups excluding carboxylic acids is 1. The number of rotatable bonds is 8. The number of hydrogen-bond acceptors (Lipinski definition) is 4. The largest absolute Gasteiger partial charge is 0.496 e. The van der Waals surface area contributed by atoms with Crippen LogP contribution in [0.5, 0.6) is 5.75 Å². The topological polar surface area (TPSA) is 84.5 Å². The Bertz CT molecular complexity index is 919. The number of benzene rings is 2. The molecule has 0 spiro atoms. The Kier molecular flexibility index (Phi) is 7.15. The molecule has 0 fully saturated rings. The van der Waals surface area contributed by atoms with Crippen LogP contribution in [0, 0.1) is 6.92 Å². The number of carbonyl (C=O) groups is 1. The van der Waals surface area contributed by atoms with Crippen molar-refractivity contribution in [3.05, 3.63) is 65.2 Å². The van der Waals surface area contributed by atoms with E-state index in [1.807, 2.05) is 25.1 Å². The molecule has 0 atom stereocenters. The van der Waals surface area contributed by atoms with Crippen LogP contribution in [0.1, 0.15) is 16.7 Å². The van der Waals surface area contributed by atoms with Gasteiger partial charge in [0.1, 0.15) is 5.75 Å². The number of amides is 1. The van der Waals surface area contributed by atoms with Crippen molar-refractivity contribution in [2.24, 2.45) is 0 Å². The normalized spacial score (nSPS) is 11.5. The minimum atomic E-state index is -3.46. The predicted octanol–water partition coefficient (Wildman–Crippen LogP) is 2.28. The monoisotopic (exact) mass is 388 g/mol. The molecule has 1 amide bonds. The molecule has 0 saturated heterocycles. The molecule has 0 bridgehead atoms. The molecule has 0 radical (unpaired) electrons. The van der Waals surface area contributed by atoms with Gasteiger partial charge in [-0.05, 0) is 55.8 Å². The highest BCUT2D eigenvalue weighted by atomic mass is 32.2. The zero-order valence-electron chi connectivity index (χ0n) is 15.7. The smallest absolute Gasteiger partial charge is 0.244 e. The fourth-order valence-corrected chi connectivity index (χ4v) is 3.26. The lowest BCUT2D eigenvalue weighted by atomic mass is 10.1. The van der Waals surface area contributed by atoms with Crippen LogP contribution >= 0.6 is 0 Å².